The number of aromatic hydroxyl groups is 2. The first-order valence-corrected chi connectivity index (χ1v) is 11.5. The first-order valence-electron chi connectivity index (χ1n) is 11.5. The van der Waals surface area contributed by atoms with Crippen LogP contribution in [0.2, 0.25) is 0 Å². The van der Waals surface area contributed by atoms with Gasteiger partial charge < -0.3 is 19.2 Å². The average molecular weight is 733 g/mol. The Morgan fingerprint density at radius 3 is 2.25 bits per heavy atom. The third kappa shape index (κ3) is 4.19. The first kappa shape index (κ1) is 27.8. The number of aromatic nitrogens is 1. The summed E-state index contributed by atoms with van der Waals surface area (Å²) in [6.45, 7) is 8.62. The fourth-order valence-electron chi connectivity index (χ4n) is 5.33. The Morgan fingerprint density at radius 2 is 1.53 bits per heavy atom. The molecule has 0 bridgehead atoms. The molecule has 6 rings (SSSR count). The minimum Gasteiger partial charge on any atom is -0.508 e. The number of aryl methyl sites for hydroxylation is 6. The molecule has 3 aromatic carbocycles. The van der Waals surface area contributed by atoms with Crippen LogP contribution in [0.3, 0.4) is 0 Å². The van der Waals surface area contributed by atoms with Gasteiger partial charge in [0.05, 0.1) is 5.69 Å². The van der Waals surface area contributed by atoms with E-state index in [9.17, 15) is 15.0 Å². The number of nitrogens with zero attached hydrogens (tertiary/aromatic N) is 1. The molecule has 2 aromatic heterocycles. The molecule has 0 aliphatic carbocycles. The minimum absolute atomic E-state index is 0. The summed E-state index contributed by atoms with van der Waals surface area (Å²) in [6.07, 6.45) is 0.827. The Balaban J connectivity index is 0.00000152. The summed E-state index contributed by atoms with van der Waals surface area (Å²) in [7, 11) is 0. The number of fused-ring (bicyclic) bond motifs is 7. The zero-order valence-corrected chi connectivity index (χ0v) is 28.2. The van der Waals surface area contributed by atoms with Crippen molar-refractivity contribution in [2.24, 2.45) is 0 Å². The monoisotopic (exact) mass is 733 g/mol. The topological polar surface area (TPSA) is 75.6 Å². The second kappa shape index (κ2) is 10.1. The van der Waals surface area contributed by atoms with Gasteiger partial charge in [-0.1, -0.05) is 12.1 Å². The van der Waals surface area contributed by atoms with Crippen molar-refractivity contribution in [3.8, 4) is 33.9 Å². The summed E-state index contributed by atoms with van der Waals surface area (Å²) in [5.41, 5.74) is 9.67. The van der Waals surface area contributed by atoms with Gasteiger partial charge in [0.1, 0.15) is 22.6 Å². The Hall–Kier alpha value is -1.26. The standard InChI is InChI=1S/C29H25NO4.2Pr/c1-14-9-18-7-8-30-27(20(18)11-15(14)2)25(19-5-6-22(31)16(3)10-19)26-21-12-17(4)23(32)13-24(21)34-29(33)28(26)30;;/h5-6,9-13,31-32H,7-8H2,1-4H3;;. The fraction of sp³-hybridized carbons (Fsp3) is 0.207. The number of benzene rings is 3. The van der Waals surface area contributed by atoms with Gasteiger partial charge in [-0.25, -0.2) is 4.79 Å². The smallest absolute Gasteiger partial charge is 0.361 e. The number of rotatable bonds is 1. The van der Waals surface area contributed by atoms with Crippen molar-refractivity contribution in [2.75, 3.05) is 0 Å². The summed E-state index contributed by atoms with van der Waals surface area (Å²) in [5.74, 6) is 0.329. The van der Waals surface area contributed by atoms with Gasteiger partial charge >= 0.3 is 5.63 Å². The molecule has 0 saturated heterocycles. The van der Waals surface area contributed by atoms with Crippen LogP contribution in [0.15, 0.2) is 51.7 Å². The molecular weight excluding hydrogens is 708 g/mol. The van der Waals surface area contributed by atoms with Gasteiger partial charge in [0, 0.05) is 117 Å². The summed E-state index contributed by atoms with van der Waals surface area (Å²) in [4.78, 5) is 13.4. The predicted molar refractivity (Wildman–Crippen MR) is 135 cm³/mol. The summed E-state index contributed by atoms with van der Waals surface area (Å²) < 4.78 is 7.82. The molecule has 5 nitrogen and oxygen atoms in total. The van der Waals surface area contributed by atoms with Crippen molar-refractivity contribution < 1.29 is 97.2 Å². The zero-order valence-electron chi connectivity index (χ0n) is 20.8. The van der Waals surface area contributed by atoms with E-state index < -0.39 is 5.63 Å². The molecule has 2 N–H and O–H groups in total. The molecule has 5 aromatic rings. The zero-order chi connectivity index (χ0) is 23.9. The minimum atomic E-state index is -0.416. The van der Waals surface area contributed by atoms with E-state index in [1.807, 2.05) is 32.0 Å². The number of hydrogen-bond donors (Lipinski definition) is 2. The Bertz CT molecular complexity index is 1750. The Labute approximate surface area is 275 Å². The molecule has 0 atom stereocenters. The van der Waals surface area contributed by atoms with E-state index in [1.165, 1.54) is 22.8 Å². The van der Waals surface area contributed by atoms with Gasteiger partial charge in [-0.3, -0.25) is 0 Å². The summed E-state index contributed by atoms with van der Waals surface area (Å²) in [6, 6.07) is 13.5. The molecule has 7 heteroatoms. The van der Waals surface area contributed by atoms with Crippen molar-refractivity contribution in [3.63, 3.8) is 0 Å². The molecule has 0 saturated carbocycles. The molecule has 36 heavy (non-hydrogen) atoms. The largest absolute Gasteiger partial charge is 0.508 e. The maximum absolute atomic E-state index is 13.4. The van der Waals surface area contributed by atoms with Crippen LogP contribution in [0.4, 0.5) is 0 Å². The molecule has 0 spiro atoms. The van der Waals surface area contributed by atoms with E-state index in [1.54, 1.807) is 6.07 Å². The Morgan fingerprint density at radius 1 is 0.833 bits per heavy atom. The molecular formula is C29H25NO4Pr2. The molecule has 1 aliphatic rings. The van der Waals surface area contributed by atoms with E-state index in [0.717, 1.165) is 45.1 Å². The fourth-order valence-corrected chi connectivity index (χ4v) is 5.33. The van der Waals surface area contributed by atoms with E-state index >= 15 is 0 Å². The first-order chi connectivity index (χ1) is 16.2. The maximum atomic E-state index is 13.4. The molecule has 0 unspecified atom stereocenters. The third-order valence-corrected chi connectivity index (χ3v) is 7.29. The second-order valence-electron chi connectivity index (χ2n) is 9.47. The van der Waals surface area contributed by atoms with Crippen LogP contribution in [-0.2, 0) is 13.0 Å². The SMILES string of the molecule is Cc1cc2c(cc1C)-c1c(-c3ccc(O)c(C)c3)c3c4cc(C)c(O)cc4oc(=O)c3n1CC2.[Pr].[Pr]. The van der Waals surface area contributed by atoms with Gasteiger partial charge in [0.15, 0.2) is 0 Å². The summed E-state index contributed by atoms with van der Waals surface area (Å²) >= 11 is 0. The predicted octanol–water partition coefficient (Wildman–Crippen LogP) is 6.28. The molecule has 0 fully saturated rings. The third-order valence-electron chi connectivity index (χ3n) is 7.29. The van der Waals surface area contributed by atoms with Crippen molar-refractivity contribution in [3.05, 3.63) is 80.7 Å². The van der Waals surface area contributed by atoms with Crippen molar-refractivity contribution >= 4 is 21.9 Å². The molecule has 176 valence electrons. The van der Waals surface area contributed by atoms with Gasteiger partial charge in [0.25, 0.3) is 0 Å². The summed E-state index contributed by atoms with van der Waals surface area (Å²) in [5, 5.41) is 22.1. The Kier molecular flexibility index (Phi) is 7.81. The van der Waals surface area contributed by atoms with E-state index in [-0.39, 0.29) is 94.1 Å². The van der Waals surface area contributed by atoms with E-state index in [4.69, 9.17) is 4.42 Å². The van der Waals surface area contributed by atoms with E-state index in [0.29, 0.717) is 23.2 Å². The van der Waals surface area contributed by atoms with Gasteiger partial charge in [-0.05, 0) is 91.8 Å². The van der Waals surface area contributed by atoms with Gasteiger partial charge in [-0.2, -0.15) is 0 Å². The van der Waals surface area contributed by atoms with Crippen molar-refractivity contribution in [2.45, 2.75) is 40.7 Å². The van der Waals surface area contributed by atoms with E-state index in [2.05, 4.69) is 30.5 Å². The van der Waals surface area contributed by atoms with Gasteiger partial charge in [0.2, 0.25) is 0 Å². The molecule has 3 heterocycles. The van der Waals surface area contributed by atoms with Crippen molar-refractivity contribution in [1.29, 1.82) is 0 Å². The molecule has 0 amide bonds. The second-order valence-corrected chi connectivity index (χ2v) is 9.47. The quantitative estimate of drug-likeness (QED) is 0.199. The van der Waals surface area contributed by atoms with Crippen molar-refractivity contribution in [1.82, 2.24) is 4.57 Å². The van der Waals surface area contributed by atoms with Crippen LogP contribution < -0.4 is 5.63 Å². The van der Waals surface area contributed by atoms with Gasteiger partial charge in [-0.15, -0.1) is 0 Å². The average Bonchev–Trinajstić information content (AvgIpc) is 3.14. The van der Waals surface area contributed by atoms with Crippen LogP contribution in [0.25, 0.3) is 44.3 Å². The van der Waals surface area contributed by atoms with Crippen LogP contribution in [0.5, 0.6) is 11.5 Å². The number of hydrogen-bond acceptors (Lipinski definition) is 4. The van der Waals surface area contributed by atoms with Crippen LogP contribution in [0.1, 0.15) is 27.8 Å². The number of phenols is 2. The molecule has 2 radical (unpaired) electrons. The van der Waals surface area contributed by atoms with Crippen LogP contribution in [-0.4, -0.2) is 14.8 Å². The molecule has 1 aliphatic heterocycles. The number of phenolic OH excluding ortho intramolecular Hbond substituents is 2. The van der Waals surface area contributed by atoms with Crippen LogP contribution in [0, 0.1) is 110 Å². The maximum Gasteiger partial charge on any atom is 0.361 e. The van der Waals surface area contributed by atoms with Crippen LogP contribution >= 0.6 is 0 Å². The normalized spacial score (nSPS) is 12.1.